The van der Waals surface area contributed by atoms with E-state index in [0.29, 0.717) is 16.5 Å². The molecule has 2 aromatic heterocycles. The lowest BCUT2D eigenvalue weighted by atomic mass is 10.1. The Labute approximate surface area is 119 Å². The first-order chi connectivity index (χ1) is 10.1. The van der Waals surface area contributed by atoms with Crippen molar-refractivity contribution in [2.45, 2.75) is 12.6 Å². The van der Waals surface area contributed by atoms with Crippen LogP contribution in [0.25, 0.3) is 10.9 Å². The van der Waals surface area contributed by atoms with Gasteiger partial charge in [0.2, 0.25) is 0 Å². The van der Waals surface area contributed by atoms with Crippen LogP contribution in [0, 0.1) is 5.82 Å². The van der Waals surface area contributed by atoms with Gasteiger partial charge in [-0.3, -0.25) is 14.3 Å². The number of hydrogen-bond acceptors (Lipinski definition) is 4. The summed E-state index contributed by atoms with van der Waals surface area (Å²) in [6.45, 7) is 0.0513. The zero-order valence-corrected chi connectivity index (χ0v) is 11.0. The summed E-state index contributed by atoms with van der Waals surface area (Å²) in [4.78, 5) is 20.3. The molecule has 0 spiro atoms. The van der Waals surface area contributed by atoms with Crippen LogP contribution in [0.5, 0.6) is 0 Å². The molecule has 5 nitrogen and oxygen atoms in total. The molecule has 0 bridgehead atoms. The fraction of sp³-hybridized carbons (Fsp3) is 0.133. The van der Waals surface area contributed by atoms with E-state index in [1.807, 2.05) is 0 Å². The normalized spacial score (nSPS) is 12.5. The number of pyridine rings is 1. The van der Waals surface area contributed by atoms with Crippen LogP contribution in [0.3, 0.4) is 0 Å². The molecule has 0 fully saturated rings. The molecule has 0 unspecified atom stereocenters. The highest BCUT2D eigenvalue weighted by atomic mass is 19.1. The summed E-state index contributed by atoms with van der Waals surface area (Å²) in [5, 5.41) is 10.6. The number of benzene rings is 1. The Morgan fingerprint density at radius 3 is 2.76 bits per heavy atom. The minimum Gasteiger partial charge on any atom is -0.387 e. The highest BCUT2D eigenvalue weighted by Gasteiger charge is 2.11. The van der Waals surface area contributed by atoms with E-state index < -0.39 is 6.10 Å². The standard InChI is InChI=1S/C15H12FN3O2/c16-11-3-1-10(2-4-11)14(20)8-19-9-18-13-7-17-6-5-12(13)15(19)21/h1-7,9,14,20H,8H2/t14-/m1/s1. The second-order valence-electron chi connectivity index (χ2n) is 4.66. The number of rotatable bonds is 3. The van der Waals surface area contributed by atoms with Crippen molar-refractivity contribution in [1.29, 1.82) is 0 Å². The van der Waals surface area contributed by atoms with Gasteiger partial charge in [0, 0.05) is 6.20 Å². The number of hydrogen-bond donors (Lipinski definition) is 1. The van der Waals surface area contributed by atoms with E-state index in [4.69, 9.17) is 0 Å². The predicted molar refractivity (Wildman–Crippen MR) is 75.2 cm³/mol. The van der Waals surface area contributed by atoms with E-state index >= 15 is 0 Å². The predicted octanol–water partition coefficient (Wildman–Crippen LogP) is 1.66. The second kappa shape index (κ2) is 5.41. The smallest absolute Gasteiger partial charge is 0.261 e. The van der Waals surface area contributed by atoms with Crippen molar-refractivity contribution in [2.75, 3.05) is 0 Å². The Morgan fingerprint density at radius 1 is 1.24 bits per heavy atom. The topological polar surface area (TPSA) is 68.0 Å². The third kappa shape index (κ3) is 2.66. The monoisotopic (exact) mass is 285 g/mol. The first-order valence-electron chi connectivity index (χ1n) is 6.38. The van der Waals surface area contributed by atoms with Crippen molar-refractivity contribution in [3.05, 3.63) is 70.8 Å². The molecule has 6 heteroatoms. The van der Waals surface area contributed by atoms with Gasteiger partial charge in [0.1, 0.15) is 5.82 Å². The summed E-state index contributed by atoms with van der Waals surface area (Å²) in [6.07, 6.45) is 3.49. The molecule has 0 aliphatic carbocycles. The first-order valence-corrected chi connectivity index (χ1v) is 6.38. The maximum Gasteiger partial charge on any atom is 0.261 e. The van der Waals surface area contributed by atoms with Crippen LogP contribution in [0.15, 0.2) is 53.8 Å². The molecule has 0 saturated heterocycles. The van der Waals surface area contributed by atoms with Crippen LogP contribution in [0.4, 0.5) is 4.39 Å². The molecule has 1 atom stereocenters. The van der Waals surface area contributed by atoms with Crippen LogP contribution < -0.4 is 5.56 Å². The number of halogens is 1. The van der Waals surface area contributed by atoms with Gasteiger partial charge in [-0.15, -0.1) is 0 Å². The fourth-order valence-corrected chi connectivity index (χ4v) is 2.12. The van der Waals surface area contributed by atoms with Gasteiger partial charge in [0.15, 0.2) is 0 Å². The Kier molecular flexibility index (Phi) is 3.45. The molecule has 3 rings (SSSR count). The summed E-state index contributed by atoms with van der Waals surface area (Å²) in [7, 11) is 0. The quantitative estimate of drug-likeness (QED) is 0.794. The van der Waals surface area contributed by atoms with Crippen molar-refractivity contribution in [3.63, 3.8) is 0 Å². The molecule has 2 heterocycles. The molecule has 3 aromatic rings. The van der Waals surface area contributed by atoms with Crippen molar-refractivity contribution in [3.8, 4) is 0 Å². The Morgan fingerprint density at radius 2 is 2.00 bits per heavy atom. The summed E-state index contributed by atoms with van der Waals surface area (Å²) in [5.74, 6) is -0.372. The summed E-state index contributed by atoms with van der Waals surface area (Å²) < 4.78 is 14.2. The number of aliphatic hydroxyl groups excluding tert-OH is 1. The largest absolute Gasteiger partial charge is 0.387 e. The molecular formula is C15H12FN3O2. The van der Waals surface area contributed by atoms with Gasteiger partial charge >= 0.3 is 0 Å². The number of nitrogens with zero attached hydrogens (tertiary/aromatic N) is 3. The fourth-order valence-electron chi connectivity index (χ4n) is 2.12. The lowest BCUT2D eigenvalue weighted by Gasteiger charge is -2.13. The molecule has 0 aliphatic rings. The minimum absolute atomic E-state index is 0.0513. The zero-order valence-electron chi connectivity index (χ0n) is 11.0. The van der Waals surface area contributed by atoms with Crippen LogP contribution in [0.1, 0.15) is 11.7 Å². The molecular weight excluding hydrogens is 273 g/mol. The van der Waals surface area contributed by atoms with Gasteiger partial charge in [-0.1, -0.05) is 12.1 Å². The molecule has 0 radical (unpaired) electrons. The first kappa shape index (κ1) is 13.4. The highest BCUT2D eigenvalue weighted by molar-refractivity contribution is 5.75. The summed E-state index contributed by atoms with van der Waals surface area (Å²) in [6, 6.07) is 7.11. The minimum atomic E-state index is -0.913. The Hall–Kier alpha value is -2.60. The van der Waals surface area contributed by atoms with Crippen LogP contribution >= 0.6 is 0 Å². The zero-order chi connectivity index (χ0) is 14.8. The van der Waals surface area contributed by atoms with Gasteiger partial charge in [-0.05, 0) is 23.8 Å². The maximum atomic E-state index is 12.9. The van der Waals surface area contributed by atoms with E-state index in [1.54, 1.807) is 6.07 Å². The number of aromatic nitrogens is 3. The molecule has 0 aliphatic heterocycles. The van der Waals surface area contributed by atoms with E-state index in [9.17, 15) is 14.3 Å². The van der Waals surface area contributed by atoms with Crippen LogP contribution in [-0.4, -0.2) is 19.6 Å². The average Bonchev–Trinajstić information content (AvgIpc) is 2.51. The lowest BCUT2D eigenvalue weighted by Crippen LogP contribution is -2.23. The molecule has 1 N–H and O–H groups in total. The van der Waals surface area contributed by atoms with Gasteiger partial charge in [-0.2, -0.15) is 0 Å². The van der Waals surface area contributed by atoms with Crippen molar-refractivity contribution < 1.29 is 9.50 Å². The summed E-state index contributed by atoms with van der Waals surface area (Å²) in [5.41, 5.74) is 0.803. The van der Waals surface area contributed by atoms with Gasteiger partial charge in [-0.25, -0.2) is 9.37 Å². The average molecular weight is 285 g/mol. The van der Waals surface area contributed by atoms with E-state index in [1.165, 1.54) is 47.6 Å². The maximum absolute atomic E-state index is 12.9. The second-order valence-corrected chi connectivity index (χ2v) is 4.66. The number of fused-ring (bicyclic) bond motifs is 1. The molecule has 21 heavy (non-hydrogen) atoms. The van der Waals surface area contributed by atoms with E-state index in [2.05, 4.69) is 9.97 Å². The molecule has 106 valence electrons. The van der Waals surface area contributed by atoms with Crippen molar-refractivity contribution >= 4 is 10.9 Å². The highest BCUT2D eigenvalue weighted by Crippen LogP contribution is 2.15. The van der Waals surface area contributed by atoms with Gasteiger partial charge in [0.05, 0.1) is 36.1 Å². The van der Waals surface area contributed by atoms with Crippen molar-refractivity contribution in [2.24, 2.45) is 0 Å². The van der Waals surface area contributed by atoms with Crippen molar-refractivity contribution in [1.82, 2.24) is 14.5 Å². The number of aliphatic hydroxyl groups is 1. The van der Waals surface area contributed by atoms with Gasteiger partial charge < -0.3 is 5.11 Å². The summed E-state index contributed by atoms with van der Waals surface area (Å²) >= 11 is 0. The molecule has 0 saturated carbocycles. The Bertz CT molecular complexity index is 830. The third-order valence-corrected chi connectivity index (χ3v) is 3.25. The third-order valence-electron chi connectivity index (χ3n) is 3.25. The van der Waals surface area contributed by atoms with E-state index in [0.717, 1.165) is 0 Å². The molecule has 0 amide bonds. The lowest BCUT2D eigenvalue weighted by molar-refractivity contribution is 0.155. The Balaban J connectivity index is 1.93. The molecule has 1 aromatic carbocycles. The van der Waals surface area contributed by atoms with Crippen LogP contribution in [0.2, 0.25) is 0 Å². The SMILES string of the molecule is O=c1c2ccncc2ncn1C[C@@H](O)c1ccc(F)cc1. The van der Waals surface area contributed by atoms with E-state index in [-0.39, 0.29) is 17.9 Å². The van der Waals surface area contributed by atoms with Gasteiger partial charge in [0.25, 0.3) is 5.56 Å². The van der Waals surface area contributed by atoms with Crippen LogP contribution in [-0.2, 0) is 6.54 Å².